The molecule has 1 unspecified atom stereocenters. The molecule has 1 aromatic carbocycles. The molecule has 1 fully saturated rings. The fourth-order valence-corrected chi connectivity index (χ4v) is 2.67. The highest BCUT2D eigenvalue weighted by molar-refractivity contribution is 5.75. The molecule has 0 aromatic heterocycles. The number of carbonyl (C=O) groups excluding carboxylic acids is 1. The molecule has 1 aliphatic heterocycles. The summed E-state index contributed by atoms with van der Waals surface area (Å²) in [4.78, 5) is 15.5. The topological polar surface area (TPSA) is 82.6 Å². The summed E-state index contributed by atoms with van der Waals surface area (Å²) in [5.74, 6) is -0.361. The Morgan fingerprint density at radius 3 is 3.09 bits per heavy atom. The van der Waals surface area contributed by atoms with Crippen LogP contribution in [0.2, 0.25) is 0 Å². The molecule has 2 rings (SSSR count). The highest BCUT2D eigenvalue weighted by atomic mass is 16.5. The highest BCUT2D eigenvalue weighted by Gasteiger charge is 2.21. The first-order chi connectivity index (χ1) is 10.6. The molecule has 0 spiro atoms. The number of nitriles is 1. The van der Waals surface area contributed by atoms with Crippen molar-refractivity contribution >= 4 is 5.91 Å². The predicted octanol–water partition coefficient (Wildman–Crippen LogP) is 0.176. The summed E-state index contributed by atoms with van der Waals surface area (Å²) < 4.78 is 5.76. The lowest BCUT2D eigenvalue weighted by atomic mass is 10.1. The molecule has 0 saturated carbocycles. The number of nitrogens with two attached hydrogens (primary N) is 1. The van der Waals surface area contributed by atoms with Gasteiger partial charge in [0, 0.05) is 26.2 Å². The van der Waals surface area contributed by atoms with E-state index < -0.39 is 0 Å². The second-order valence-corrected chi connectivity index (χ2v) is 5.70. The number of hydrogen-bond donors (Lipinski definition) is 1. The SMILES string of the molecule is CN1CCOC(CN(CC(N)=O)Cc2cccc(C#N)c2)C1. The van der Waals surface area contributed by atoms with Gasteiger partial charge in [0.05, 0.1) is 30.9 Å². The lowest BCUT2D eigenvalue weighted by Crippen LogP contribution is -2.47. The molecule has 1 atom stereocenters. The number of hydrogen-bond acceptors (Lipinski definition) is 5. The lowest BCUT2D eigenvalue weighted by Gasteiger charge is -2.33. The summed E-state index contributed by atoms with van der Waals surface area (Å²) in [6, 6.07) is 9.52. The fourth-order valence-electron chi connectivity index (χ4n) is 2.67. The Morgan fingerprint density at radius 1 is 1.59 bits per heavy atom. The summed E-state index contributed by atoms with van der Waals surface area (Å²) in [5.41, 5.74) is 6.96. The maximum Gasteiger partial charge on any atom is 0.231 e. The van der Waals surface area contributed by atoms with E-state index in [4.69, 9.17) is 15.7 Å². The van der Waals surface area contributed by atoms with Crippen LogP contribution in [0.3, 0.4) is 0 Å². The predicted molar refractivity (Wildman–Crippen MR) is 82.9 cm³/mol. The van der Waals surface area contributed by atoms with Crippen molar-refractivity contribution in [2.75, 3.05) is 39.8 Å². The van der Waals surface area contributed by atoms with Crippen LogP contribution in [0.1, 0.15) is 11.1 Å². The van der Waals surface area contributed by atoms with Gasteiger partial charge in [-0.3, -0.25) is 9.69 Å². The van der Waals surface area contributed by atoms with E-state index in [0.29, 0.717) is 25.3 Å². The summed E-state index contributed by atoms with van der Waals surface area (Å²) >= 11 is 0. The van der Waals surface area contributed by atoms with Crippen LogP contribution in [-0.4, -0.2) is 61.6 Å². The second kappa shape index (κ2) is 7.90. The Morgan fingerprint density at radius 2 is 2.41 bits per heavy atom. The molecule has 6 heteroatoms. The fraction of sp³-hybridized carbons (Fsp3) is 0.500. The van der Waals surface area contributed by atoms with Gasteiger partial charge in [-0.1, -0.05) is 12.1 Å². The van der Waals surface area contributed by atoms with E-state index in [0.717, 1.165) is 18.7 Å². The van der Waals surface area contributed by atoms with E-state index in [1.807, 2.05) is 23.1 Å². The molecule has 0 aliphatic carbocycles. The number of rotatable bonds is 6. The third kappa shape index (κ3) is 5.11. The van der Waals surface area contributed by atoms with Gasteiger partial charge in [0.2, 0.25) is 5.91 Å². The quantitative estimate of drug-likeness (QED) is 0.810. The van der Waals surface area contributed by atoms with Crippen molar-refractivity contribution in [1.82, 2.24) is 9.80 Å². The van der Waals surface area contributed by atoms with Crippen LogP contribution in [0.25, 0.3) is 0 Å². The van der Waals surface area contributed by atoms with Gasteiger partial charge >= 0.3 is 0 Å². The normalized spacial score (nSPS) is 19.0. The number of primary amides is 1. The van der Waals surface area contributed by atoms with Crippen molar-refractivity contribution in [2.24, 2.45) is 5.73 Å². The molecule has 0 radical (unpaired) electrons. The Balaban J connectivity index is 2.02. The Labute approximate surface area is 131 Å². The highest BCUT2D eigenvalue weighted by Crippen LogP contribution is 2.11. The number of ether oxygens (including phenoxy) is 1. The minimum atomic E-state index is -0.361. The Hall–Kier alpha value is -1.94. The number of carbonyl (C=O) groups is 1. The average molecular weight is 302 g/mol. The summed E-state index contributed by atoms with van der Waals surface area (Å²) in [5, 5.41) is 8.97. The van der Waals surface area contributed by atoms with Crippen LogP contribution in [0, 0.1) is 11.3 Å². The van der Waals surface area contributed by atoms with Crippen LogP contribution in [-0.2, 0) is 16.1 Å². The zero-order valence-electron chi connectivity index (χ0n) is 12.9. The van der Waals surface area contributed by atoms with Crippen molar-refractivity contribution in [3.05, 3.63) is 35.4 Å². The molecular formula is C16H22N4O2. The molecule has 1 amide bonds. The molecule has 1 heterocycles. The maximum atomic E-state index is 11.3. The minimum absolute atomic E-state index is 0.0669. The number of morpholine rings is 1. The van der Waals surface area contributed by atoms with E-state index in [2.05, 4.69) is 18.0 Å². The van der Waals surface area contributed by atoms with E-state index in [1.165, 1.54) is 0 Å². The smallest absolute Gasteiger partial charge is 0.231 e. The van der Waals surface area contributed by atoms with Crippen molar-refractivity contribution in [3.8, 4) is 6.07 Å². The summed E-state index contributed by atoms with van der Waals surface area (Å²) in [6.07, 6.45) is 0.0669. The number of amides is 1. The Kier molecular flexibility index (Phi) is 5.90. The molecule has 1 aliphatic rings. The van der Waals surface area contributed by atoms with Gasteiger partial charge in [0.15, 0.2) is 0 Å². The Bertz CT molecular complexity index is 555. The first-order valence-electron chi connectivity index (χ1n) is 7.36. The van der Waals surface area contributed by atoms with Gasteiger partial charge in [-0.15, -0.1) is 0 Å². The van der Waals surface area contributed by atoms with E-state index >= 15 is 0 Å². The zero-order valence-corrected chi connectivity index (χ0v) is 12.9. The molecular weight excluding hydrogens is 280 g/mol. The summed E-state index contributed by atoms with van der Waals surface area (Å²) in [6.45, 7) is 3.87. The molecule has 0 bridgehead atoms. The molecule has 1 saturated heterocycles. The third-order valence-corrected chi connectivity index (χ3v) is 3.65. The lowest BCUT2D eigenvalue weighted by molar-refractivity contribution is -0.120. The van der Waals surface area contributed by atoms with Crippen LogP contribution < -0.4 is 5.73 Å². The molecule has 118 valence electrons. The summed E-state index contributed by atoms with van der Waals surface area (Å²) in [7, 11) is 2.06. The first-order valence-corrected chi connectivity index (χ1v) is 7.36. The van der Waals surface area contributed by atoms with Crippen LogP contribution in [0.4, 0.5) is 0 Å². The van der Waals surface area contributed by atoms with Crippen molar-refractivity contribution < 1.29 is 9.53 Å². The second-order valence-electron chi connectivity index (χ2n) is 5.70. The van der Waals surface area contributed by atoms with Gasteiger partial charge in [-0.2, -0.15) is 5.26 Å². The van der Waals surface area contributed by atoms with Crippen molar-refractivity contribution in [1.29, 1.82) is 5.26 Å². The van der Waals surface area contributed by atoms with E-state index in [-0.39, 0.29) is 18.6 Å². The zero-order chi connectivity index (χ0) is 15.9. The van der Waals surface area contributed by atoms with E-state index in [9.17, 15) is 4.79 Å². The van der Waals surface area contributed by atoms with Crippen LogP contribution >= 0.6 is 0 Å². The molecule has 22 heavy (non-hydrogen) atoms. The van der Waals surface area contributed by atoms with Crippen LogP contribution in [0.15, 0.2) is 24.3 Å². The van der Waals surface area contributed by atoms with Gasteiger partial charge in [0.1, 0.15) is 0 Å². The molecule has 6 nitrogen and oxygen atoms in total. The number of nitrogens with zero attached hydrogens (tertiary/aromatic N) is 3. The first kappa shape index (κ1) is 16.4. The van der Waals surface area contributed by atoms with Gasteiger partial charge < -0.3 is 15.4 Å². The average Bonchev–Trinajstić information content (AvgIpc) is 2.46. The van der Waals surface area contributed by atoms with Gasteiger partial charge in [0.25, 0.3) is 0 Å². The number of likely N-dealkylation sites (N-methyl/N-ethyl adjacent to an activating group) is 1. The van der Waals surface area contributed by atoms with Crippen molar-refractivity contribution in [3.63, 3.8) is 0 Å². The standard InChI is InChI=1S/C16H22N4O2/c1-19-5-6-22-15(10-19)11-20(12-16(18)21)9-14-4-2-3-13(7-14)8-17/h2-4,7,15H,5-6,9-12H2,1H3,(H2,18,21). The minimum Gasteiger partial charge on any atom is -0.374 e. The van der Waals surface area contributed by atoms with Gasteiger partial charge in [-0.05, 0) is 24.7 Å². The van der Waals surface area contributed by atoms with E-state index in [1.54, 1.807) is 6.07 Å². The van der Waals surface area contributed by atoms with Gasteiger partial charge in [-0.25, -0.2) is 0 Å². The third-order valence-electron chi connectivity index (χ3n) is 3.65. The largest absolute Gasteiger partial charge is 0.374 e. The monoisotopic (exact) mass is 302 g/mol. The van der Waals surface area contributed by atoms with Crippen molar-refractivity contribution in [2.45, 2.75) is 12.6 Å². The molecule has 1 aromatic rings. The van der Waals surface area contributed by atoms with Crippen LogP contribution in [0.5, 0.6) is 0 Å². The maximum absolute atomic E-state index is 11.3. The molecule has 2 N–H and O–H groups in total. The number of benzene rings is 1.